The number of rotatable bonds is 6. The lowest BCUT2D eigenvalue weighted by Crippen LogP contribution is -2.65. The number of aromatic nitrogens is 2. The van der Waals surface area contributed by atoms with Crippen LogP contribution in [0.1, 0.15) is 23.2 Å². The van der Waals surface area contributed by atoms with Crippen LogP contribution in [0.4, 0.5) is 5.82 Å². The maximum atomic E-state index is 13.3. The molecular formula is C22H28N4O3. The molecule has 1 amide bonds. The standard InChI is InChI=1S/C22H28N4O3/c1-15-16(2)23-14-24-20(15)26-12-22(13-26,21(27)25-18-7-8-29-11-18)10-17-5-4-6-19(9-17)28-3/h4-6,9,14,18H,7-8,10-13H2,1-3H3,(H,25,27). The number of anilines is 1. The van der Waals surface area contributed by atoms with Crippen molar-refractivity contribution in [1.82, 2.24) is 15.3 Å². The number of carbonyl (C=O) groups is 1. The monoisotopic (exact) mass is 396 g/mol. The Hall–Kier alpha value is -2.67. The van der Waals surface area contributed by atoms with Crippen molar-refractivity contribution in [2.75, 3.05) is 38.3 Å². The molecule has 1 atom stereocenters. The van der Waals surface area contributed by atoms with Crippen LogP contribution in [-0.2, 0) is 16.0 Å². The number of nitrogens with zero attached hydrogens (tertiary/aromatic N) is 3. The van der Waals surface area contributed by atoms with Crippen molar-refractivity contribution >= 4 is 11.7 Å². The highest BCUT2D eigenvalue weighted by molar-refractivity contribution is 5.87. The zero-order chi connectivity index (χ0) is 20.4. The number of nitrogens with one attached hydrogen (secondary N) is 1. The molecule has 29 heavy (non-hydrogen) atoms. The lowest BCUT2D eigenvalue weighted by atomic mass is 9.73. The van der Waals surface area contributed by atoms with Gasteiger partial charge in [-0.05, 0) is 44.4 Å². The summed E-state index contributed by atoms with van der Waals surface area (Å²) in [6, 6.07) is 8.06. The average Bonchev–Trinajstić information content (AvgIpc) is 3.20. The molecule has 2 aliphatic heterocycles. The Labute approximate surface area is 171 Å². The molecule has 0 bridgehead atoms. The van der Waals surface area contributed by atoms with Crippen LogP contribution in [-0.4, -0.2) is 55.3 Å². The Morgan fingerprint density at radius 1 is 1.34 bits per heavy atom. The highest BCUT2D eigenvalue weighted by atomic mass is 16.5. The second kappa shape index (κ2) is 7.99. The molecule has 1 aromatic carbocycles. The molecule has 2 saturated heterocycles. The van der Waals surface area contributed by atoms with Gasteiger partial charge in [0.1, 0.15) is 17.9 Å². The van der Waals surface area contributed by atoms with Crippen molar-refractivity contribution < 1.29 is 14.3 Å². The van der Waals surface area contributed by atoms with E-state index in [-0.39, 0.29) is 11.9 Å². The lowest BCUT2D eigenvalue weighted by Gasteiger charge is -2.50. The fraction of sp³-hybridized carbons (Fsp3) is 0.500. The number of hydrogen-bond acceptors (Lipinski definition) is 6. The van der Waals surface area contributed by atoms with Gasteiger partial charge in [0.2, 0.25) is 5.91 Å². The molecule has 0 aliphatic carbocycles. The molecule has 2 fully saturated rings. The Bertz CT molecular complexity index is 889. The Kier molecular flexibility index (Phi) is 5.41. The van der Waals surface area contributed by atoms with E-state index in [4.69, 9.17) is 9.47 Å². The van der Waals surface area contributed by atoms with E-state index >= 15 is 0 Å². The number of methoxy groups -OCH3 is 1. The molecule has 7 heteroatoms. The van der Waals surface area contributed by atoms with E-state index in [1.54, 1.807) is 13.4 Å². The van der Waals surface area contributed by atoms with Crippen LogP contribution in [0.5, 0.6) is 5.75 Å². The summed E-state index contributed by atoms with van der Waals surface area (Å²) in [5, 5.41) is 3.21. The zero-order valence-electron chi connectivity index (χ0n) is 17.3. The maximum absolute atomic E-state index is 13.3. The first-order chi connectivity index (χ1) is 14.0. The molecule has 3 heterocycles. The molecular weight excluding hydrogens is 368 g/mol. The number of hydrogen-bond donors (Lipinski definition) is 1. The van der Waals surface area contributed by atoms with E-state index in [0.29, 0.717) is 32.7 Å². The summed E-state index contributed by atoms with van der Waals surface area (Å²) in [6.45, 7) is 6.56. The first-order valence-electron chi connectivity index (χ1n) is 10.1. The van der Waals surface area contributed by atoms with Crippen LogP contribution in [0.15, 0.2) is 30.6 Å². The first-order valence-corrected chi connectivity index (χ1v) is 10.1. The highest BCUT2D eigenvalue weighted by Gasteiger charge is 2.50. The van der Waals surface area contributed by atoms with Crippen LogP contribution in [0, 0.1) is 19.3 Å². The van der Waals surface area contributed by atoms with Gasteiger partial charge >= 0.3 is 0 Å². The second-order valence-corrected chi connectivity index (χ2v) is 8.11. The second-order valence-electron chi connectivity index (χ2n) is 8.11. The summed E-state index contributed by atoms with van der Waals surface area (Å²) in [4.78, 5) is 24.2. The molecule has 0 spiro atoms. The topological polar surface area (TPSA) is 76.6 Å². The summed E-state index contributed by atoms with van der Waals surface area (Å²) in [5.41, 5.74) is 2.62. The molecule has 0 radical (unpaired) electrons. The third kappa shape index (κ3) is 3.92. The van der Waals surface area contributed by atoms with Gasteiger partial charge in [-0.25, -0.2) is 9.97 Å². The lowest BCUT2D eigenvalue weighted by molar-refractivity contribution is -0.133. The summed E-state index contributed by atoms with van der Waals surface area (Å²) in [7, 11) is 1.66. The van der Waals surface area contributed by atoms with Gasteiger partial charge in [0.15, 0.2) is 0 Å². The molecule has 0 saturated carbocycles. The van der Waals surface area contributed by atoms with Gasteiger partial charge in [0.25, 0.3) is 0 Å². The molecule has 2 aromatic rings. The van der Waals surface area contributed by atoms with Crippen molar-refractivity contribution in [2.24, 2.45) is 5.41 Å². The average molecular weight is 396 g/mol. The quantitative estimate of drug-likeness (QED) is 0.805. The minimum atomic E-state index is -0.500. The predicted molar refractivity (Wildman–Crippen MR) is 110 cm³/mol. The first kappa shape index (κ1) is 19.6. The summed E-state index contributed by atoms with van der Waals surface area (Å²) in [6.07, 6.45) is 3.12. The molecule has 4 rings (SSSR count). The van der Waals surface area contributed by atoms with Crippen molar-refractivity contribution in [3.63, 3.8) is 0 Å². The van der Waals surface area contributed by atoms with Crippen LogP contribution < -0.4 is 15.0 Å². The SMILES string of the molecule is COc1cccc(CC2(C(=O)NC3CCOC3)CN(c3ncnc(C)c3C)C2)c1. The van der Waals surface area contributed by atoms with Gasteiger partial charge in [-0.2, -0.15) is 0 Å². The van der Waals surface area contributed by atoms with E-state index in [1.165, 1.54) is 0 Å². The molecule has 1 aromatic heterocycles. The summed E-state index contributed by atoms with van der Waals surface area (Å²) in [5.74, 6) is 1.81. The third-order valence-corrected chi connectivity index (χ3v) is 6.02. The minimum absolute atomic E-state index is 0.0931. The number of carbonyl (C=O) groups excluding carboxylic acids is 1. The Balaban J connectivity index is 1.56. The van der Waals surface area contributed by atoms with Crippen LogP contribution in [0.3, 0.4) is 0 Å². The fourth-order valence-corrected chi connectivity index (χ4v) is 4.17. The fourth-order valence-electron chi connectivity index (χ4n) is 4.17. The van der Waals surface area contributed by atoms with Gasteiger partial charge < -0.3 is 19.7 Å². The maximum Gasteiger partial charge on any atom is 0.230 e. The molecule has 7 nitrogen and oxygen atoms in total. The molecule has 2 aliphatic rings. The summed E-state index contributed by atoms with van der Waals surface area (Å²) >= 11 is 0. The van der Waals surface area contributed by atoms with Gasteiger partial charge in [-0.3, -0.25) is 4.79 Å². The number of amides is 1. The van der Waals surface area contributed by atoms with Crippen LogP contribution in [0.25, 0.3) is 0 Å². The molecule has 1 N–H and O–H groups in total. The summed E-state index contributed by atoms with van der Waals surface area (Å²) < 4.78 is 10.8. The molecule has 1 unspecified atom stereocenters. The zero-order valence-corrected chi connectivity index (χ0v) is 17.3. The Morgan fingerprint density at radius 2 is 2.17 bits per heavy atom. The smallest absolute Gasteiger partial charge is 0.230 e. The van der Waals surface area contributed by atoms with Crippen molar-refractivity contribution in [3.8, 4) is 5.75 Å². The van der Waals surface area contributed by atoms with Crippen molar-refractivity contribution in [3.05, 3.63) is 47.4 Å². The van der Waals surface area contributed by atoms with Crippen molar-refractivity contribution in [1.29, 1.82) is 0 Å². The number of aryl methyl sites for hydroxylation is 1. The largest absolute Gasteiger partial charge is 0.497 e. The normalized spacial score (nSPS) is 20.2. The van der Waals surface area contributed by atoms with E-state index < -0.39 is 5.41 Å². The molecule has 154 valence electrons. The van der Waals surface area contributed by atoms with Gasteiger partial charge in [0, 0.05) is 31.0 Å². The predicted octanol–water partition coefficient (Wildman–Crippen LogP) is 2.06. The van der Waals surface area contributed by atoms with Gasteiger partial charge in [-0.15, -0.1) is 0 Å². The van der Waals surface area contributed by atoms with E-state index in [2.05, 4.69) is 26.3 Å². The van der Waals surface area contributed by atoms with Crippen LogP contribution in [0.2, 0.25) is 0 Å². The highest BCUT2D eigenvalue weighted by Crippen LogP contribution is 2.39. The Morgan fingerprint density at radius 3 is 2.90 bits per heavy atom. The number of ether oxygens (including phenoxy) is 2. The number of benzene rings is 1. The van der Waals surface area contributed by atoms with E-state index in [9.17, 15) is 4.79 Å². The van der Waals surface area contributed by atoms with Gasteiger partial charge in [0.05, 0.1) is 25.2 Å². The van der Waals surface area contributed by atoms with E-state index in [0.717, 1.165) is 34.8 Å². The third-order valence-electron chi connectivity index (χ3n) is 6.02. The van der Waals surface area contributed by atoms with Crippen LogP contribution >= 0.6 is 0 Å². The van der Waals surface area contributed by atoms with Crippen molar-refractivity contribution in [2.45, 2.75) is 32.7 Å². The van der Waals surface area contributed by atoms with Gasteiger partial charge in [-0.1, -0.05) is 12.1 Å². The minimum Gasteiger partial charge on any atom is -0.497 e. The van der Waals surface area contributed by atoms with E-state index in [1.807, 2.05) is 32.0 Å².